The Morgan fingerprint density at radius 2 is 1.39 bits per heavy atom. The molecule has 0 spiro atoms. The van der Waals surface area contributed by atoms with Gasteiger partial charge in [0.05, 0.1) is 13.2 Å². The summed E-state index contributed by atoms with van der Waals surface area (Å²) in [6.07, 6.45) is 12.1. The van der Waals surface area contributed by atoms with Crippen LogP contribution in [0.1, 0.15) is 103 Å². The van der Waals surface area contributed by atoms with E-state index in [1.54, 1.807) is 0 Å². The molecule has 3 atom stereocenters. The number of hydrogen-bond acceptors (Lipinski definition) is 8. The van der Waals surface area contributed by atoms with E-state index >= 15 is 0 Å². The second kappa shape index (κ2) is 15.1. The molecule has 1 fully saturated rings. The molecule has 0 radical (unpaired) electrons. The topological polar surface area (TPSA) is 137 Å². The van der Waals surface area contributed by atoms with E-state index in [9.17, 15) is 25.2 Å². The molecular weight excluding hydrogens is 404 g/mol. The van der Waals surface area contributed by atoms with Gasteiger partial charge in [-0.25, -0.2) is 4.79 Å². The second-order valence-electron chi connectivity index (χ2n) is 8.77. The van der Waals surface area contributed by atoms with Crippen LogP contribution in [0.3, 0.4) is 0 Å². The molecule has 8 heteroatoms. The van der Waals surface area contributed by atoms with Gasteiger partial charge in [-0.3, -0.25) is 0 Å². The van der Waals surface area contributed by atoms with Crippen LogP contribution >= 0.6 is 0 Å². The zero-order valence-corrected chi connectivity index (χ0v) is 19.1. The Hall–Kier alpha value is -0.770. The number of esters is 1. The Morgan fingerprint density at radius 1 is 0.935 bits per heavy atom. The van der Waals surface area contributed by atoms with Crippen molar-refractivity contribution in [2.45, 2.75) is 127 Å². The van der Waals surface area contributed by atoms with Crippen LogP contribution in [0.5, 0.6) is 0 Å². The van der Waals surface area contributed by atoms with Crippen LogP contribution in [0, 0.1) is 0 Å². The molecule has 3 unspecified atom stereocenters. The number of ether oxygens (including phenoxy) is 2. The zero-order chi connectivity index (χ0) is 23.2. The minimum Gasteiger partial charge on any atom is -0.426 e. The van der Waals surface area contributed by atoms with Gasteiger partial charge in [-0.05, 0) is 6.42 Å². The van der Waals surface area contributed by atoms with Crippen molar-refractivity contribution in [1.82, 2.24) is 0 Å². The van der Waals surface area contributed by atoms with Crippen LogP contribution in [0.2, 0.25) is 0 Å². The van der Waals surface area contributed by atoms with E-state index in [1.807, 2.05) is 0 Å². The maximum atomic E-state index is 12.1. The van der Waals surface area contributed by atoms with Gasteiger partial charge in [0.25, 0.3) is 5.79 Å². The summed E-state index contributed by atoms with van der Waals surface area (Å²) in [4.78, 5) is 12.1. The van der Waals surface area contributed by atoms with Crippen LogP contribution in [-0.4, -0.2) is 68.5 Å². The van der Waals surface area contributed by atoms with Crippen LogP contribution in [0.15, 0.2) is 0 Å². The molecule has 0 aromatic heterocycles. The van der Waals surface area contributed by atoms with Crippen molar-refractivity contribution in [2.75, 3.05) is 13.2 Å². The van der Waals surface area contributed by atoms with Crippen LogP contribution < -0.4 is 0 Å². The van der Waals surface area contributed by atoms with E-state index in [-0.39, 0.29) is 19.4 Å². The minimum absolute atomic E-state index is 0.0380. The first kappa shape index (κ1) is 28.3. The lowest BCUT2D eigenvalue weighted by atomic mass is 9.99. The molecule has 31 heavy (non-hydrogen) atoms. The minimum atomic E-state index is -3.10. The molecule has 1 aliphatic rings. The molecule has 184 valence electrons. The highest BCUT2D eigenvalue weighted by Gasteiger charge is 2.53. The van der Waals surface area contributed by atoms with Crippen molar-refractivity contribution < 1.29 is 39.8 Å². The molecule has 1 rings (SSSR count). The third kappa shape index (κ3) is 9.72. The first-order valence-corrected chi connectivity index (χ1v) is 12.1. The molecule has 0 aromatic rings. The Balaban J connectivity index is 2.12. The number of rotatable bonds is 19. The molecule has 0 saturated carbocycles. The molecule has 0 bridgehead atoms. The Labute approximate surface area is 186 Å². The predicted octanol–water partition coefficient (Wildman–Crippen LogP) is 2.52. The van der Waals surface area contributed by atoms with Crippen molar-refractivity contribution in [3.8, 4) is 0 Å². The first-order valence-electron chi connectivity index (χ1n) is 12.1. The monoisotopic (exact) mass is 448 g/mol. The largest absolute Gasteiger partial charge is 0.426 e. The quantitative estimate of drug-likeness (QED) is 0.115. The summed E-state index contributed by atoms with van der Waals surface area (Å²) in [7, 11) is 0. The lowest BCUT2D eigenvalue weighted by Gasteiger charge is -2.44. The summed E-state index contributed by atoms with van der Waals surface area (Å²) < 4.78 is 9.94. The van der Waals surface area contributed by atoms with E-state index in [2.05, 4.69) is 6.92 Å². The van der Waals surface area contributed by atoms with Crippen molar-refractivity contribution in [1.29, 1.82) is 0 Å². The maximum Gasteiger partial charge on any atom is 0.371 e. The fourth-order valence-corrected chi connectivity index (χ4v) is 3.78. The fraction of sp³-hybridized carbons (Fsp3) is 0.957. The third-order valence-corrected chi connectivity index (χ3v) is 6.09. The van der Waals surface area contributed by atoms with E-state index in [0.29, 0.717) is 6.42 Å². The van der Waals surface area contributed by atoms with Crippen LogP contribution in [-0.2, 0) is 14.3 Å². The van der Waals surface area contributed by atoms with Crippen molar-refractivity contribution in [3.05, 3.63) is 0 Å². The number of carbonyl (C=O) groups is 1. The lowest BCUT2D eigenvalue weighted by Crippen LogP contribution is -2.61. The number of carbonyl (C=O) groups excluding carboxylic acids is 1. The summed E-state index contributed by atoms with van der Waals surface area (Å²) in [5.41, 5.74) is 0. The maximum absolute atomic E-state index is 12.1. The van der Waals surface area contributed by atoms with E-state index in [4.69, 9.17) is 14.6 Å². The number of aliphatic hydroxyl groups excluding tert-OH is 3. The number of unbranched alkanes of at least 4 members (excludes halogenated alkanes) is 12. The second-order valence-corrected chi connectivity index (χ2v) is 8.77. The summed E-state index contributed by atoms with van der Waals surface area (Å²) in [5.74, 6) is -6.39. The van der Waals surface area contributed by atoms with Gasteiger partial charge in [-0.2, -0.15) is 0 Å². The molecule has 5 N–H and O–H groups in total. The molecule has 0 aliphatic carbocycles. The van der Waals surface area contributed by atoms with Gasteiger partial charge < -0.3 is 35.0 Å². The van der Waals surface area contributed by atoms with Gasteiger partial charge in [-0.15, -0.1) is 0 Å². The van der Waals surface area contributed by atoms with Gasteiger partial charge in [0.2, 0.25) is 5.79 Å². The van der Waals surface area contributed by atoms with E-state index in [0.717, 1.165) is 19.3 Å². The SMILES string of the molecule is CCCCCCCCCCCCCCCC(O)C(O)(O)C(=O)OC1(C(O)CO)CCO1. The van der Waals surface area contributed by atoms with E-state index < -0.39 is 36.4 Å². The van der Waals surface area contributed by atoms with Gasteiger partial charge in [0.1, 0.15) is 12.2 Å². The van der Waals surface area contributed by atoms with Crippen LogP contribution in [0.4, 0.5) is 0 Å². The Kier molecular flexibility index (Phi) is 13.8. The van der Waals surface area contributed by atoms with Crippen LogP contribution in [0.25, 0.3) is 0 Å². The number of aliphatic hydroxyl groups is 5. The van der Waals surface area contributed by atoms with E-state index in [1.165, 1.54) is 57.8 Å². The van der Waals surface area contributed by atoms with Gasteiger partial charge >= 0.3 is 5.97 Å². The molecule has 0 amide bonds. The highest BCUT2D eigenvalue weighted by Crippen LogP contribution is 2.33. The summed E-state index contributed by atoms with van der Waals surface area (Å²) in [6.45, 7) is 1.72. The summed E-state index contributed by atoms with van der Waals surface area (Å²) >= 11 is 0. The van der Waals surface area contributed by atoms with Crippen molar-refractivity contribution in [3.63, 3.8) is 0 Å². The van der Waals surface area contributed by atoms with Gasteiger partial charge in [0, 0.05) is 6.42 Å². The summed E-state index contributed by atoms with van der Waals surface area (Å²) in [5, 5.41) is 48.9. The summed E-state index contributed by atoms with van der Waals surface area (Å²) in [6, 6.07) is 0. The first-order chi connectivity index (χ1) is 14.8. The normalized spacial score (nSPS) is 20.8. The Morgan fingerprint density at radius 3 is 1.77 bits per heavy atom. The lowest BCUT2D eigenvalue weighted by molar-refractivity contribution is -0.348. The van der Waals surface area contributed by atoms with Gasteiger partial charge in [-0.1, -0.05) is 90.4 Å². The molecule has 1 heterocycles. The van der Waals surface area contributed by atoms with Gasteiger partial charge in [0.15, 0.2) is 0 Å². The van der Waals surface area contributed by atoms with Crippen molar-refractivity contribution in [2.24, 2.45) is 0 Å². The molecule has 1 saturated heterocycles. The average molecular weight is 449 g/mol. The highest BCUT2D eigenvalue weighted by molar-refractivity contribution is 5.78. The van der Waals surface area contributed by atoms with Crippen molar-refractivity contribution >= 4 is 5.97 Å². The number of hydrogen-bond donors (Lipinski definition) is 5. The fourth-order valence-electron chi connectivity index (χ4n) is 3.78. The standard InChI is InChI=1S/C23H44O8/c1-2-3-4-5-6-7-8-9-10-11-12-13-14-15-19(25)23(28,29)21(27)31-22(16-17-30-22)20(26)18-24/h19-20,24-26,28-29H,2-18H2,1H3. The highest BCUT2D eigenvalue weighted by atomic mass is 16.8. The molecule has 8 nitrogen and oxygen atoms in total. The molecule has 1 aliphatic heterocycles. The zero-order valence-electron chi connectivity index (χ0n) is 19.1. The molecule has 0 aromatic carbocycles. The third-order valence-electron chi connectivity index (χ3n) is 6.09. The Bertz CT molecular complexity index is 478. The average Bonchev–Trinajstić information content (AvgIpc) is 2.72. The smallest absolute Gasteiger partial charge is 0.371 e. The molecular formula is C23H44O8. The predicted molar refractivity (Wildman–Crippen MR) is 116 cm³/mol.